The fraction of sp³-hybridized carbons (Fsp3) is 0.958. The maximum Gasteiger partial charge on any atom is 0.323 e. The van der Waals surface area contributed by atoms with Crippen LogP contribution in [0.2, 0.25) is 0 Å². The zero-order valence-electron chi connectivity index (χ0n) is 21.5. The lowest BCUT2D eigenvalue weighted by Gasteiger charge is -2.23. The van der Waals surface area contributed by atoms with Crippen LogP contribution in [-0.4, -0.2) is 46.4 Å². The van der Waals surface area contributed by atoms with E-state index in [9.17, 15) is 4.79 Å². The molecule has 0 saturated carbocycles. The van der Waals surface area contributed by atoms with Gasteiger partial charge >= 0.3 is 5.97 Å². The minimum absolute atomic E-state index is 0. The Morgan fingerprint density at radius 3 is 1.58 bits per heavy atom. The molecule has 0 aliphatic heterocycles. The van der Waals surface area contributed by atoms with Crippen molar-refractivity contribution in [1.29, 1.82) is 0 Å². The molecule has 192 valence electrons. The Balaban J connectivity index is -0.000000186. The summed E-state index contributed by atoms with van der Waals surface area (Å²) in [5.74, 6) is -0.910. The van der Waals surface area contributed by atoms with Gasteiger partial charge in [0.05, 0.1) is 11.5 Å². The highest BCUT2D eigenvalue weighted by Gasteiger charge is 2.28. The van der Waals surface area contributed by atoms with Gasteiger partial charge in [-0.3, -0.25) is 4.79 Å². The second kappa shape index (κ2) is 25.9. The molecule has 7 heteroatoms. The summed E-state index contributed by atoms with van der Waals surface area (Å²) < 4.78 is 5.60. The topological polar surface area (TPSA) is 128 Å². The first-order valence-electron chi connectivity index (χ1n) is 12.1. The van der Waals surface area contributed by atoms with Gasteiger partial charge in [-0.1, -0.05) is 80.1 Å². The Hall–Kier alpha value is -0.400. The standard InChI is InChI=1S/C12H25ClO.C6H13NO2.C6H14O.H3N/c1-4-7-8-9-10-14-11-12(13,5-2)6-3;1-3-6(7,4-2)5(8)9;1-2-3-4-5-6-7;/h4-11H2,1-3H3;3-4,7H2,1-2H3,(H,8,9);7H,2-6H2,1H3;1H3. The van der Waals surface area contributed by atoms with Crippen LogP contribution < -0.4 is 11.9 Å². The minimum atomic E-state index is -1.00. The molecule has 31 heavy (non-hydrogen) atoms. The lowest BCUT2D eigenvalue weighted by atomic mass is 9.95. The summed E-state index contributed by atoms with van der Waals surface area (Å²) >= 11 is 6.32. The third kappa shape index (κ3) is 24.1. The lowest BCUT2D eigenvalue weighted by molar-refractivity contribution is -0.143. The summed E-state index contributed by atoms with van der Waals surface area (Å²) in [6.07, 6.45) is 12.7. The maximum atomic E-state index is 10.4. The van der Waals surface area contributed by atoms with Crippen molar-refractivity contribution in [2.24, 2.45) is 5.73 Å². The molecule has 0 aromatic rings. The molecule has 6 nitrogen and oxygen atoms in total. The van der Waals surface area contributed by atoms with Crippen molar-refractivity contribution in [1.82, 2.24) is 6.15 Å². The van der Waals surface area contributed by atoms with Crippen molar-refractivity contribution >= 4 is 17.6 Å². The van der Waals surface area contributed by atoms with E-state index in [0.717, 1.165) is 25.9 Å². The van der Waals surface area contributed by atoms with Gasteiger partial charge in [0.2, 0.25) is 0 Å². The van der Waals surface area contributed by atoms with Gasteiger partial charge < -0.3 is 26.8 Å². The fourth-order valence-corrected chi connectivity index (χ4v) is 2.51. The SMILES string of the molecule is CCC(N)(CC)C(=O)O.CCCCCCO.CCCCCCOCC(Cl)(CC)CC.N. The third-order valence-electron chi connectivity index (χ3n) is 5.47. The first-order chi connectivity index (χ1) is 14.2. The average Bonchev–Trinajstić information content (AvgIpc) is 2.76. The van der Waals surface area contributed by atoms with Gasteiger partial charge in [0, 0.05) is 13.2 Å². The number of hydrogen-bond acceptors (Lipinski definition) is 5. The average molecular weight is 471 g/mol. The Kier molecular flexibility index (Phi) is 31.6. The van der Waals surface area contributed by atoms with Crippen molar-refractivity contribution in [3.63, 3.8) is 0 Å². The summed E-state index contributed by atoms with van der Waals surface area (Å²) in [6, 6.07) is 0. The summed E-state index contributed by atoms with van der Waals surface area (Å²) in [5.41, 5.74) is 4.44. The zero-order valence-corrected chi connectivity index (χ0v) is 22.2. The number of rotatable bonds is 16. The number of carboxylic acids is 1. The molecular weight excluding hydrogens is 416 g/mol. The minimum Gasteiger partial charge on any atom is -0.480 e. The van der Waals surface area contributed by atoms with Gasteiger partial charge in [-0.05, 0) is 38.5 Å². The van der Waals surface area contributed by atoms with E-state index in [-0.39, 0.29) is 11.0 Å². The molecular formula is C24H55ClN2O4. The molecule has 7 N–H and O–H groups in total. The number of hydrogen-bond donors (Lipinski definition) is 4. The molecule has 0 heterocycles. The Labute approximate surface area is 198 Å². The number of aliphatic hydroxyl groups is 1. The summed E-state index contributed by atoms with van der Waals surface area (Å²) in [4.78, 5) is 10.2. The highest BCUT2D eigenvalue weighted by Crippen LogP contribution is 2.24. The van der Waals surface area contributed by atoms with Crippen LogP contribution in [0.15, 0.2) is 0 Å². The van der Waals surface area contributed by atoms with Crippen LogP contribution in [0.1, 0.15) is 119 Å². The van der Waals surface area contributed by atoms with E-state index in [1.807, 2.05) is 0 Å². The molecule has 0 spiro atoms. The van der Waals surface area contributed by atoms with Crippen LogP contribution in [0.25, 0.3) is 0 Å². The number of aliphatic carboxylic acids is 1. The second-order valence-electron chi connectivity index (χ2n) is 7.92. The Morgan fingerprint density at radius 1 is 0.839 bits per heavy atom. The fourth-order valence-electron chi connectivity index (χ4n) is 2.43. The number of ether oxygens (including phenoxy) is 1. The molecule has 0 aromatic carbocycles. The monoisotopic (exact) mass is 470 g/mol. The normalized spacial score (nSPS) is 10.9. The molecule has 0 amide bonds. The van der Waals surface area contributed by atoms with Crippen LogP contribution in [0, 0.1) is 0 Å². The van der Waals surface area contributed by atoms with E-state index < -0.39 is 11.5 Å². The number of carboxylic acid groups (broad SMARTS) is 1. The van der Waals surface area contributed by atoms with Crippen molar-refractivity contribution in [3.8, 4) is 0 Å². The molecule has 0 saturated heterocycles. The van der Waals surface area contributed by atoms with E-state index in [1.165, 1.54) is 44.9 Å². The lowest BCUT2D eigenvalue weighted by Crippen LogP contribution is -2.46. The van der Waals surface area contributed by atoms with E-state index in [2.05, 4.69) is 27.7 Å². The largest absolute Gasteiger partial charge is 0.480 e. The molecule has 0 rings (SSSR count). The van der Waals surface area contributed by atoms with Gasteiger partial charge in [-0.25, -0.2) is 0 Å². The first-order valence-corrected chi connectivity index (χ1v) is 12.4. The zero-order chi connectivity index (χ0) is 23.9. The van der Waals surface area contributed by atoms with Crippen LogP contribution in [0.3, 0.4) is 0 Å². The van der Waals surface area contributed by atoms with Crippen molar-refractivity contribution in [2.75, 3.05) is 19.8 Å². The van der Waals surface area contributed by atoms with Crippen LogP contribution >= 0.6 is 11.6 Å². The molecule has 0 aromatic heterocycles. The third-order valence-corrected chi connectivity index (χ3v) is 6.11. The predicted octanol–water partition coefficient (Wildman–Crippen LogP) is 6.69. The molecule has 0 unspecified atom stereocenters. The van der Waals surface area contributed by atoms with Crippen molar-refractivity contribution in [3.05, 3.63) is 0 Å². The number of nitrogens with two attached hydrogens (primary N) is 1. The molecule has 0 aliphatic rings. The van der Waals surface area contributed by atoms with E-state index in [0.29, 0.717) is 26.1 Å². The van der Waals surface area contributed by atoms with Crippen LogP contribution in [0.5, 0.6) is 0 Å². The predicted molar refractivity (Wildman–Crippen MR) is 136 cm³/mol. The van der Waals surface area contributed by atoms with Gasteiger partial charge in [0.25, 0.3) is 0 Å². The first kappa shape index (κ1) is 37.9. The van der Waals surface area contributed by atoms with Crippen molar-refractivity contribution in [2.45, 2.75) is 129 Å². The van der Waals surface area contributed by atoms with Crippen LogP contribution in [-0.2, 0) is 9.53 Å². The van der Waals surface area contributed by atoms with E-state index >= 15 is 0 Å². The smallest absolute Gasteiger partial charge is 0.323 e. The van der Waals surface area contributed by atoms with Gasteiger partial charge in [-0.2, -0.15) is 0 Å². The van der Waals surface area contributed by atoms with Crippen molar-refractivity contribution < 1.29 is 19.7 Å². The Bertz CT molecular complexity index is 359. The van der Waals surface area contributed by atoms with E-state index in [4.69, 9.17) is 32.3 Å². The number of unbranched alkanes of at least 4 members (excludes halogenated alkanes) is 6. The highest BCUT2D eigenvalue weighted by atomic mass is 35.5. The summed E-state index contributed by atoms with van der Waals surface area (Å²) in [5, 5.41) is 16.8. The number of carbonyl (C=O) groups is 1. The highest BCUT2D eigenvalue weighted by molar-refractivity contribution is 6.24. The van der Waals surface area contributed by atoms with Gasteiger partial charge in [0.1, 0.15) is 5.54 Å². The second-order valence-corrected chi connectivity index (χ2v) is 8.73. The number of aliphatic hydroxyl groups excluding tert-OH is 1. The van der Waals surface area contributed by atoms with Crippen LogP contribution in [0.4, 0.5) is 0 Å². The quantitative estimate of drug-likeness (QED) is 0.147. The number of halogens is 1. The number of alkyl halides is 1. The van der Waals surface area contributed by atoms with Gasteiger partial charge in [-0.15, -0.1) is 11.6 Å². The molecule has 0 fully saturated rings. The van der Waals surface area contributed by atoms with Gasteiger partial charge in [0.15, 0.2) is 0 Å². The summed E-state index contributed by atoms with van der Waals surface area (Å²) in [7, 11) is 0. The summed E-state index contributed by atoms with van der Waals surface area (Å²) in [6.45, 7) is 14.1. The molecule has 0 bridgehead atoms. The van der Waals surface area contributed by atoms with E-state index in [1.54, 1.807) is 13.8 Å². The Morgan fingerprint density at radius 2 is 1.29 bits per heavy atom. The molecule has 0 radical (unpaired) electrons. The maximum absolute atomic E-state index is 10.4. The molecule has 0 atom stereocenters. The molecule has 0 aliphatic carbocycles.